The molecule has 0 aliphatic carbocycles. The molecule has 1 aliphatic rings. The zero-order valence-corrected chi connectivity index (χ0v) is 14.3. The fourth-order valence-corrected chi connectivity index (χ4v) is 2.98. The highest BCUT2D eigenvalue weighted by atomic mass is 35.5. The van der Waals surface area contributed by atoms with Gasteiger partial charge in [-0.3, -0.25) is 9.78 Å². The van der Waals surface area contributed by atoms with Gasteiger partial charge in [-0.2, -0.15) is 0 Å². The molecule has 0 unspecified atom stereocenters. The average Bonchev–Trinajstić information content (AvgIpc) is 2.70. The van der Waals surface area contributed by atoms with Crippen molar-refractivity contribution in [3.63, 3.8) is 0 Å². The number of carbonyl (C=O) groups excluding carboxylic acids is 1. The van der Waals surface area contributed by atoms with E-state index in [0.29, 0.717) is 35.9 Å². The van der Waals surface area contributed by atoms with Gasteiger partial charge in [0.25, 0.3) is 5.91 Å². The van der Waals surface area contributed by atoms with Gasteiger partial charge in [0.2, 0.25) is 0 Å². The Hall–Kier alpha value is -2.07. The molecule has 5 heteroatoms. The smallest absolute Gasteiger partial charge is 0.255 e. The van der Waals surface area contributed by atoms with Crippen molar-refractivity contribution in [3.8, 4) is 5.75 Å². The topological polar surface area (TPSA) is 51.2 Å². The summed E-state index contributed by atoms with van der Waals surface area (Å²) in [6.07, 6.45) is 2.55. The number of hydrogen-bond acceptors (Lipinski definition) is 3. The van der Waals surface area contributed by atoms with Crippen molar-refractivity contribution >= 4 is 17.5 Å². The lowest BCUT2D eigenvalue weighted by Gasteiger charge is -2.15. The molecule has 1 aliphatic heterocycles. The third kappa shape index (κ3) is 3.04. The van der Waals surface area contributed by atoms with Crippen LogP contribution in [0.2, 0.25) is 5.02 Å². The molecule has 0 spiro atoms. The minimum absolute atomic E-state index is 0.140. The third-order valence-electron chi connectivity index (χ3n) is 4.24. The largest absolute Gasteiger partial charge is 0.489 e. The number of carbonyl (C=O) groups is 1. The van der Waals surface area contributed by atoms with E-state index in [1.807, 2.05) is 33.0 Å². The van der Waals surface area contributed by atoms with Crippen molar-refractivity contribution in [1.82, 2.24) is 10.3 Å². The number of ether oxygens (including phenoxy) is 1. The summed E-state index contributed by atoms with van der Waals surface area (Å²) >= 11 is 6.46. The highest BCUT2D eigenvalue weighted by Crippen LogP contribution is 2.36. The Kier molecular flexibility index (Phi) is 4.26. The number of hydrogen-bond donors (Lipinski definition) is 1. The molecule has 0 saturated heterocycles. The lowest BCUT2D eigenvalue weighted by atomic mass is 9.97. The maximum atomic E-state index is 12.2. The average molecular weight is 331 g/mol. The molecule has 120 valence electrons. The van der Waals surface area contributed by atoms with Crippen LogP contribution in [0, 0.1) is 20.8 Å². The highest BCUT2D eigenvalue weighted by molar-refractivity contribution is 6.33. The van der Waals surface area contributed by atoms with Crippen molar-refractivity contribution in [2.75, 3.05) is 13.2 Å². The van der Waals surface area contributed by atoms with E-state index >= 15 is 0 Å². The van der Waals surface area contributed by atoms with Gasteiger partial charge >= 0.3 is 0 Å². The van der Waals surface area contributed by atoms with Gasteiger partial charge in [-0.25, -0.2) is 0 Å². The van der Waals surface area contributed by atoms with E-state index in [2.05, 4.69) is 16.4 Å². The molecule has 4 nitrogen and oxygen atoms in total. The van der Waals surface area contributed by atoms with E-state index in [-0.39, 0.29) is 5.91 Å². The molecule has 1 N–H and O–H groups in total. The zero-order chi connectivity index (χ0) is 16.6. The van der Waals surface area contributed by atoms with E-state index in [1.54, 1.807) is 0 Å². The van der Waals surface area contributed by atoms with E-state index in [4.69, 9.17) is 16.3 Å². The molecular formula is C18H19ClN2O2. The fraction of sp³-hybridized carbons (Fsp3) is 0.333. The standard InChI is InChI=1S/C18H19ClN2O2/c1-10-6-13(9-21-12(10)3)7-14-8-15-17(16(19)11(14)2)23-5-4-20-18(15)22/h6,8-9H,4-5,7H2,1-3H3,(H,20,22). The van der Waals surface area contributed by atoms with Crippen LogP contribution in [0.3, 0.4) is 0 Å². The second kappa shape index (κ2) is 6.20. The summed E-state index contributed by atoms with van der Waals surface area (Å²) in [5, 5.41) is 3.34. The number of nitrogens with zero attached hydrogens (tertiary/aromatic N) is 1. The normalized spacial score (nSPS) is 13.8. The number of aryl methyl sites for hydroxylation is 2. The van der Waals surface area contributed by atoms with Crippen molar-refractivity contribution in [1.29, 1.82) is 0 Å². The van der Waals surface area contributed by atoms with Gasteiger partial charge in [0, 0.05) is 11.9 Å². The molecule has 3 rings (SSSR count). The lowest BCUT2D eigenvalue weighted by Crippen LogP contribution is -2.24. The van der Waals surface area contributed by atoms with E-state index < -0.39 is 0 Å². The van der Waals surface area contributed by atoms with Crippen molar-refractivity contribution in [3.05, 3.63) is 56.9 Å². The van der Waals surface area contributed by atoms with Gasteiger partial charge in [-0.05, 0) is 55.5 Å². The molecule has 0 bridgehead atoms. The summed E-state index contributed by atoms with van der Waals surface area (Å²) in [5.41, 5.74) is 5.74. The van der Waals surface area contributed by atoms with Crippen LogP contribution in [-0.2, 0) is 6.42 Å². The van der Waals surface area contributed by atoms with Crippen LogP contribution in [0.5, 0.6) is 5.75 Å². The molecule has 1 aromatic carbocycles. The molecule has 0 saturated carbocycles. The van der Waals surface area contributed by atoms with Crippen LogP contribution in [0.15, 0.2) is 18.3 Å². The van der Waals surface area contributed by atoms with Crippen LogP contribution in [-0.4, -0.2) is 24.0 Å². The molecule has 1 aromatic heterocycles. The minimum atomic E-state index is -0.140. The summed E-state index contributed by atoms with van der Waals surface area (Å²) in [7, 11) is 0. The first-order valence-corrected chi connectivity index (χ1v) is 8.00. The molecule has 0 fully saturated rings. The first-order valence-electron chi connectivity index (χ1n) is 7.62. The number of halogens is 1. The van der Waals surface area contributed by atoms with E-state index in [1.165, 1.54) is 0 Å². The molecular weight excluding hydrogens is 312 g/mol. The Morgan fingerprint density at radius 1 is 1.30 bits per heavy atom. The van der Waals surface area contributed by atoms with Crippen molar-refractivity contribution in [2.45, 2.75) is 27.2 Å². The van der Waals surface area contributed by atoms with E-state index in [9.17, 15) is 4.79 Å². The molecule has 2 aromatic rings. The number of rotatable bonds is 2. The predicted molar refractivity (Wildman–Crippen MR) is 90.5 cm³/mol. The first-order chi connectivity index (χ1) is 11.0. The van der Waals surface area contributed by atoms with Gasteiger partial charge in [0.1, 0.15) is 6.61 Å². The summed E-state index contributed by atoms with van der Waals surface area (Å²) in [6.45, 7) is 6.91. The van der Waals surface area contributed by atoms with Crippen LogP contribution in [0.1, 0.15) is 38.3 Å². The number of amides is 1. The van der Waals surface area contributed by atoms with Crippen molar-refractivity contribution < 1.29 is 9.53 Å². The lowest BCUT2D eigenvalue weighted by molar-refractivity contribution is 0.0957. The first kappa shape index (κ1) is 15.8. The second-order valence-corrected chi connectivity index (χ2v) is 6.26. The van der Waals surface area contributed by atoms with Crippen molar-refractivity contribution in [2.24, 2.45) is 0 Å². The summed E-state index contributed by atoms with van der Waals surface area (Å²) in [4.78, 5) is 16.6. The zero-order valence-electron chi connectivity index (χ0n) is 13.5. The highest BCUT2D eigenvalue weighted by Gasteiger charge is 2.22. The quantitative estimate of drug-likeness (QED) is 0.918. The van der Waals surface area contributed by atoms with Gasteiger partial charge in [-0.1, -0.05) is 17.7 Å². The fourth-order valence-electron chi connectivity index (χ4n) is 2.70. The summed E-state index contributed by atoms with van der Waals surface area (Å²) in [6, 6.07) is 4.00. The molecule has 1 amide bonds. The number of aromatic nitrogens is 1. The SMILES string of the molecule is Cc1cc(Cc2cc3c(c(Cl)c2C)OCCNC3=O)cnc1C. The number of benzene rings is 1. The van der Waals surface area contributed by atoms with Crippen LogP contribution in [0.25, 0.3) is 0 Å². The Bertz CT molecular complexity index is 787. The van der Waals surface area contributed by atoms with Gasteiger partial charge < -0.3 is 10.1 Å². The van der Waals surface area contributed by atoms with Crippen LogP contribution < -0.4 is 10.1 Å². The monoisotopic (exact) mass is 330 g/mol. The molecule has 2 heterocycles. The number of fused-ring (bicyclic) bond motifs is 1. The summed E-state index contributed by atoms with van der Waals surface area (Å²) in [5.74, 6) is 0.347. The maximum absolute atomic E-state index is 12.2. The Labute approximate surface area is 140 Å². The third-order valence-corrected chi connectivity index (χ3v) is 4.70. The Morgan fingerprint density at radius 3 is 2.83 bits per heavy atom. The minimum Gasteiger partial charge on any atom is -0.489 e. The van der Waals surface area contributed by atoms with E-state index in [0.717, 1.165) is 27.9 Å². The molecule has 0 radical (unpaired) electrons. The van der Waals surface area contributed by atoms with Gasteiger partial charge in [0.15, 0.2) is 5.75 Å². The molecule has 23 heavy (non-hydrogen) atoms. The maximum Gasteiger partial charge on any atom is 0.255 e. The molecule has 0 atom stereocenters. The van der Waals surface area contributed by atoms with Gasteiger partial charge in [-0.15, -0.1) is 0 Å². The van der Waals surface area contributed by atoms with Gasteiger partial charge in [0.05, 0.1) is 17.1 Å². The number of nitrogens with one attached hydrogen (secondary N) is 1. The summed E-state index contributed by atoms with van der Waals surface area (Å²) < 4.78 is 5.64. The Morgan fingerprint density at radius 2 is 2.09 bits per heavy atom. The second-order valence-electron chi connectivity index (χ2n) is 5.88. The Balaban J connectivity index is 2.04. The number of pyridine rings is 1. The predicted octanol–water partition coefficient (Wildman–Crippen LogP) is 3.37. The van der Waals surface area contributed by atoms with Crippen LogP contribution in [0.4, 0.5) is 0 Å². The van der Waals surface area contributed by atoms with Crippen LogP contribution >= 0.6 is 11.6 Å².